The Kier molecular flexibility index (Phi) is 2.89. The van der Waals surface area contributed by atoms with Crippen LogP contribution in [0.4, 0.5) is 0 Å². The van der Waals surface area contributed by atoms with Gasteiger partial charge in [-0.25, -0.2) is 0 Å². The molecule has 4 rings (SSSR count). The summed E-state index contributed by atoms with van der Waals surface area (Å²) in [5.74, 6) is -0.498. The van der Waals surface area contributed by atoms with Crippen LogP contribution in [0.3, 0.4) is 0 Å². The Morgan fingerprint density at radius 1 is 1.10 bits per heavy atom. The molecule has 4 atom stereocenters. The van der Waals surface area contributed by atoms with E-state index >= 15 is 0 Å². The monoisotopic (exact) mass is 290 g/mol. The molecule has 4 unspecified atom stereocenters. The number of likely N-dealkylation sites (tertiary alicyclic amines) is 1. The molecule has 2 aliphatic heterocycles. The van der Waals surface area contributed by atoms with Gasteiger partial charge in [-0.3, -0.25) is 19.3 Å². The molecular weight excluding hydrogens is 272 g/mol. The van der Waals surface area contributed by atoms with E-state index in [1.54, 1.807) is 4.90 Å². The van der Waals surface area contributed by atoms with E-state index in [-0.39, 0.29) is 47.9 Å². The smallest absolute Gasteiger partial charge is 0.242 e. The van der Waals surface area contributed by atoms with Crippen molar-refractivity contribution in [1.82, 2.24) is 9.80 Å². The molecule has 0 aromatic heterocycles. The number of hydrogen-bond donors (Lipinski definition) is 0. The summed E-state index contributed by atoms with van der Waals surface area (Å²) in [6.45, 7) is 2.01. The molecule has 4 aliphatic rings. The maximum atomic E-state index is 12.5. The second kappa shape index (κ2) is 4.66. The van der Waals surface area contributed by atoms with Crippen LogP contribution in [0.1, 0.15) is 6.42 Å². The van der Waals surface area contributed by atoms with Crippen LogP contribution in [-0.2, 0) is 19.1 Å². The summed E-state index contributed by atoms with van der Waals surface area (Å²) in [7, 11) is 0. The molecule has 0 radical (unpaired) electrons. The quantitative estimate of drug-likeness (QED) is 0.515. The van der Waals surface area contributed by atoms with Crippen molar-refractivity contribution >= 4 is 17.7 Å². The fourth-order valence-electron chi connectivity index (χ4n) is 4.17. The zero-order valence-corrected chi connectivity index (χ0v) is 11.7. The third-order valence-electron chi connectivity index (χ3n) is 5.22. The minimum Gasteiger partial charge on any atom is -0.378 e. The largest absolute Gasteiger partial charge is 0.378 e. The summed E-state index contributed by atoms with van der Waals surface area (Å²) in [5, 5.41) is 0. The number of carbonyl (C=O) groups excluding carboxylic acids is 3. The van der Waals surface area contributed by atoms with E-state index in [0.717, 1.165) is 6.42 Å². The molecule has 3 fully saturated rings. The van der Waals surface area contributed by atoms with Gasteiger partial charge in [0, 0.05) is 13.1 Å². The maximum absolute atomic E-state index is 12.5. The first kappa shape index (κ1) is 13.0. The van der Waals surface area contributed by atoms with Crippen LogP contribution in [0.25, 0.3) is 0 Å². The molecule has 2 heterocycles. The fraction of sp³-hybridized carbons (Fsp3) is 0.667. The van der Waals surface area contributed by atoms with Gasteiger partial charge in [-0.15, -0.1) is 0 Å². The fourth-order valence-corrected chi connectivity index (χ4v) is 4.17. The van der Waals surface area contributed by atoms with Crippen molar-refractivity contribution < 1.29 is 19.1 Å². The van der Waals surface area contributed by atoms with Crippen LogP contribution >= 0.6 is 0 Å². The molecule has 6 nitrogen and oxygen atoms in total. The van der Waals surface area contributed by atoms with Gasteiger partial charge in [0.1, 0.15) is 6.54 Å². The molecule has 0 N–H and O–H groups in total. The third kappa shape index (κ3) is 1.85. The lowest BCUT2D eigenvalue weighted by Crippen LogP contribution is -2.47. The van der Waals surface area contributed by atoms with E-state index in [0.29, 0.717) is 26.3 Å². The van der Waals surface area contributed by atoms with E-state index in [2.05, 4.69) is 12.2 Å². The van der Waals surface area contributed by atoms with Gasteiger partial charge in [0.25, 0.3) is 0 Å². The highest BCUT2D eigenvalue weighted by Gasteiger charge is 2.59. The number of hydrogen-bond acceptors (Lipinski definition) is 4. The Hall–Kier alpha value is -1.69. The summed E-state index contributed by atoms with van der Waals surface area (Å²) >= 11 is 0. The minimum absolute atomic E-state index is 0.107. The highest BCUT2D eigenvalue weighted by Crippen LogP contribution is 2.52. The average molecular weight is 290 g/mol. The molecule has 0 aromatic carbocycles. The van der Waals surface area contributed by atoms with Gasteiger partial charge in [0.05, 0.1) is 25.0 Å². The average Bonchev–Trinajstić information content (AvgIpc) is 3.18. The predicted octanol–water partition coefficient (Wildman–Crippen LogP) is -0.348. The summed E-state index contributed by atoms with van der Waals surface area (Å²) in [6, 6.07) is 0. The standard InChI is InChI=1S/C15H18N2O4/c18-11(16-3-5-21-6-4-16)8-17-14(19)12-9-1-2-10(7-9)13(12)15(17)20/h1-2,9-10,12-13H,3-8H2. The summed E-state index contributed by atoms with van der Waals surface area (Å²) in [4.78, 5) is 40.1. The van der Waals surface area contributed by atoms with Crippen molar-refractivity contribution in [1.29, 1.82) is 0 Å². The van der Waals surface area contributed by atoms with Gasteiger partial charge in [-0.2, -0.15) is 0 Å². The number of morpholine rings is 1. The molecule has 0 aromatic rings. The minimum atomic E-state index is -0.218. The van der Waals surface area contributed by atoms with Crippen molar-refractivity contribution in [3.8, 4) is 0 Å². The molecular formula is C15H18N2O4. The predicted molar refractivity (Wildman–Crippen MR) is 71.8 cm³/mol. The highest BCUT2D eigenvalue weighted by molar-refractivity contribution is 6.08. The molecule has 21 heavy (non-hydrogen) atoms. The molecule has 6 heteroatoms. The number of allylic oxidation sites excluding steroid dienone is 2. The topological polar surface area (TPSA) is 66.9 Å². The molecule has 0 spiro atoms. The van der Waals surface area contributed by atoms with E-state index < -0.39 is 0 Å². The van der Waals surface area contributed by atoms with Crippen molar-refractivity contribution in [2.75, 3.05) is 32.8 Å². The van der Waals surface area contributed by atoms with Gasteiger partial charge in [-0.05, 0) is 18.3 Å². The number of rotatable bonds is 2. The Labute approximate surface area is 122 Å². The number of amides is 3. The second-order valence-corrected chi connectivity index (χ2v) is 6.26. The summed E-state index contributed by atoms with van der Waals surface area (Å²) in [5.41, 5.74) is 0. The lowest BCUT2D eigenvalue weighted by Gasteiger charge is -2.28. The zero-order chi connectivity index (χ0) is 14.6. The summed E-state index contributed by atoms with van der Waals surface area (Å²) < 4.78 is 5.21. The lowest BCUT2D eigenvalue weighted by molar-refractivity contribution is -0.148. The molecule has 2 bridgehead atoms. The first-order valence-corrected chi connectivity index (χ1v) is 7.56. The molecule has 3 amide bonds. The van der Waals surface area contributed by atoms with E-state index in [1.165, 1.54) is 4.90 Å². The second-order valence-electron chi connectivity index (χ2n) is 6.26. The van der Waals surface area contributed by atoms with Gasteiger partial charge >= 0.3 is 0 Å². The molecule has 1 saturated carbocycles. The molecule has 2 aliphatic carbocycles. The maximum Gasteiger partial charge on any atom is 0.242 e. The highest BCUT2D eigenvalue weighted by atomic mass is 16.5. The van der Waals surface area contributed by atoms with Crippen molar-refractivity contribution in [3.63, 3.8) is 0 Å². The Morgan fingerprint density at radius 3 is 2.24 bits per heavy atom. The van der Waals surface area contributed by atoms with Crippen LogP contribution in [0, 0.1) is 23.7 Å². The Balaban J connectivity index is 1.48. The Morgan fingerprint density at radius 2 is 1.67 bits per heavy atom. The number of ether oxygens (including phenoxy) is 1. The van der Waals surface area contributed by atoms with Gasteiger partial charge in [0.2, 0.25) is 17.7 Å². The van der Waals surface area contributed by atoms with E-state index in [9.17, 15) is 14.4 Å². The first-order chi connectivity index (χ1) is 10.2. The van der Waals surface area contributed by atoms with E-state index in [1.807, 2.05) is 0 Å². The number of fused-ring (bicyclic) bond motifs is 5. The van der Waals surface area contributed by atoms with Gasteiger partial charge in [-0.1, -0.05) is 12.2 Å². The van der Waals surface area contributed by atoms with Crippen LogP contribution < -0.4 is 0 Å². The SMILES string of the molecule is O=C(CN1C(=O)C2C3C=CC(C3)C2C1=O)N1CCOCC1. The van der Waals surface area contributed by atoms with Gasteiger partial charge < -0.3 is 9.64 Å². The van der Waals surface area contributed by atoms with E-state index in [4.69, 9.17) is 4.74 Å². The van der Waals surface area contributed by atoms with Crippen molar-refractivity contribution in [3.05, 3.63) is 12.2 Å². The summed E-state index contributed by atoms with van der Waals surface area (Å²) in [6.07, 6.45) is 5.03. The van der Waals surface area contributed by atoms with Crippen molar-refractivity contribution in [2.45, 2.75) is 6.42 Å². The number of nitrogens with zero attached hydrogens (tertiary/aromatic N) is 2. The number of carbonyl (C=O) groups is 3. The van der Waals surface area contributed by atoms with Crippen LogP contribution in [0.15, 0.2) is 12.2 Å². The van der Waals surface area contributed by atoms with Crippen LogP contribution in [0.2, 0.25) is 0 Å². The third-order valence-corrected chi connectivity index (χ3v) is 5.22. The lowest BCUT2D eigenvalue weighted by atomic mass is 9.85. The zero-order valence-electron chi connectivity index (χ0n) is 11.7. The van der Waals surface area contributed by atoms with Crippen LogP contribution in [0.5, 0.6) is 0 Å². The van der Waals surface area contributed by atoms with Crippen molar-refractivity contribution in [2.24, 2.45) is 23.7 Å². The Bertz CT molecular complexity index is 508. The van der Waals surface area contributed by atoms with Gasteiger partial charge in [0.15, 0.2) is 0 Å². The van der Waals surface area contributed by atoms with Crippen LogP contribution in [-0.4, -0.2) is 60.4 Å². The molecule has 112 valence electrons. The first-order valence-electron chi connectivity index (χ1n) is 7.56. The molecule has 2 saturated heterocycles. The normalized spacial score (nSPS) is 37.5. The number of imide groups is 1.